The number of aryl methyl sites for hydroxylation is 2. The predicted octanol–water partition coefficient (Wildman–Crippen LogP) is 3.53. The van der Waals surface area contributed by atoms with Crippen LogP contribution in [0, 0.1) is 10.1 Å². The second-order valence-electron chi connectivity index (χ2n) is 7.60. The molecule has 8 heteroatoms. The fourth-order valence-corrected chi connectivity index (χ4v) is 3.77. The van der Waals surface area contributed by atoms with E-state index < -0.39 is 16.8 Å². The SMILES string of the molecule is Cn1c(=O)n(CCC2(C)CCOC(c3ccccc3)O2)c2cc([N+](=O)[O-])ccc21. The smallest absolute Gasteiger partial charge is 0.328 e. The number of imidazole rings is 1. The Kier molecular flexibility index (Phi) is 4.97. The van der Waals surface area contributed by atoms with Gasteiger partial charge in [0.2, 0.25) is 0 Å². The van der Waals surface area contributed by atoms with Crippen molar-refractivity contribution in [2.45, 2.75) is 38.2 Å². The van der Waals surface area contributed by atoms with E-state index in [9.17, 15) is 14.9 Å². The molecule has 0 spiro atoms. The van der Waals surface area contributed by atoms with Crippen molar-refractivity contribution in [2.24, 2.45) is 7.05 Å². The lowest BCUT2D eigenvalue weighted by atomic mass is 9.96. The molecule has 1 aliphatic rings. The van der Waals surface area contributed by atoms with Gasteiger partial charge in [-0.2, -0.15) is 0 Å². The monoisotopic (exact) mass is 397 g/mol. The molecule has 1 aliphatic heterocycles. The van der Waals surface area contributed by atoms with E-state index in [4.69, 9.17) is 9.47 Å². The molecule has 2 aromatic carbocycles. The van der Waals surface area contributed by atoms with Crippen LogP contribution in [0.25, 0.3) is 11.0 Å². The highest BCUT2D eigenvalue weighted by Crippen LogP contribution is 2.35. The summed E-state index contributed by atoms with van der Waals surface area (Å²) in [4.78, 5) is 23.4. The molecule has 0 amide bonds. The first-order valence-corrected chi connectivity index (χ1v) is 9.56. The summed E-state index contributed by atoms with van der Waals surface area (Å²) in [5.41, 5.74) is 1.48. The predicted molar refractivity (Wildman–Crippen MR) is 108 cm³/mol. The molecule has 0 N–H and O–H groups in total. The first-order chi connectivity index (χ1) is 13.9. The number of nitrogens with zero attached hydrogens (tertiary/aromatic N) is 3. The van der Waals surface area contributed by atoms with Gasteiger partial charge in [0.25, 0.3) is 5.69 Å². The minimum absolute atomic E-state index is 0.0329. The Labute approximate surface area is 167 Å². The number of benzene rings is 2. The molecule has 2 unspecified atom stereocenters. The lowest BCUT2D eigenvalue weighted by molar-refractivity contribution is -0.384. The van der Waals surface area contributed by atoms with Crippen LogP contribution in [0.5, 0.6) is 0 Å². The van der Waals surface area contributed by atoms with E-state index in [2.05, 4.69) is 0 Å². The molecule has 0 radical (unpaired) electrons. The normalized spacial score (nSPS) is 22.1. The molecule has 152 valence electrons. The average Bonchev–Trinajstić information content (AvgIpc) is 2.97. The lowest BCUT2D eigenvalue weighted by Crippen LogP contribution is -2.39. The first-order valence-electron chi connectivity index (χ1n) is 9.56. The molecule has 3 aromatic rings. The third-order valence-corrected chi connectivity index (χ3v) is 5.57. The largest absolute Gasteiger partial charge is 0.348 e. The van der Waals surface area contributed by atoms with Crippen LogP contribution in [0.1, 0.15) is 31.6 Å². The molecule has 1 saturated heterocycles. The molecule has 8 nitrogen and oxygen atoms in total. The molecule has 0 saturated carbocycles. The van der Waals surface area contributed by atoms with Crippen molar-refractivity contribution in [1.82, 2.24) is 9.13 Å². The Morgan fingerprint density at radius 3 is 2.69 bits per heavy atom. The molecule has 29 heavy (non-hydrogen) atoms. The van der Waals surface area contributed by atoms with Crippen LogP contribution >= 0.6 is 0 Å². The summed E-state index contributed by atoms with van der Waals surface area (Å²) < 4.78 is 15.1. The quantitative estimate of drug-likeness (QED) is 0.485. The second kappa shape index (κ2) is 7.46. The molecular formula is C21H23N3O5. The fraction of sp³-hybridized carbons (Fsp3) is 0.381. The van der Waals surface area contributed by atoms with Crippen molar-refractivity contribution >= 4 is 16.7 Å². The van der Waals surface area contributed by atoms with Crippen molar-refractivity contribution in [3.63, 3.8) is 0 Å². The number of aromatic nitrogens is 2. The first kappa shape index (κ1) is 19.4. The number of hydrogen-bond donors (Lipinski definition) is 0. The Morgan fingerprint density at radius 1 is 1.21 bits per heavy atom. The molecule has 0 aliphatic carbocycles. The van der Waals surface area contributed by atoms with Gasteiger partial charge >= 0.3 is 5.69 Å². The minimum Gasteiger partial charge on any atom is -0.348 e. The van der Waals surface area contributed by atoms with Crippen LogP contribution < -0.4 is 5.69 Å². The van der Waals surface area contributed by atoms with Crippen molar-refractivity contribution in [3.8, 4) is 0 Å². The maximum absolute atomic E-state index is 12.7. The zero-order chi connectivity index (χ0) is 20.6. The topological polar surface area (TPSA) is 88.5 Å². The highest BCUT2D eigenvalue weighted by atomic mass is 16.7. The Morgan fingerprint density at radius 2 is 1.97 bits per heavy atom. The van der Waals surface area contributed by atoms with Gasteiger partial charge in [0, 0.05) is 31.3 Å². The minimum atomic E-state index is -0.471. The number of nitro benzene ring substituents is 1. The third-order valence-electron chi connectivity index (χ3n) is 5.57. The van der Waals surface area contributed by atoms with Crippen LogP contribution in [0.15, 0.2) is 53.3 Å². The van der Waals surface area contributed by atoms with Gasteiger partial charge in [0.05, 0.1) is 28.2 Å². The summed E-state index contributed by atoms with van der Waals surface area (Å²) in [6.45, 7) is 2.98. The van der Waals surface area contributed by atoms with Gasteiger partial charge in [0.1, 0.15) is 0 Å². The van der Waals surface area contributed by atoms with Gasteiger partial charge in [0.15, 0.2) is 6.29 Å². The van der Waals surface area contributed by atoms with Gasteiger partial charge in [-0.15, -0.1) is 0 Å². The number of nitro groups is 1. The lowest BCUT2D eigenvalue weighted by Gasteiger charge is -2.39. The Balaban J connectivity index is 1.59. The van der Waals surface area contributed by atoms with E-state index in [1.807, 2.05) is 37.3 Å². The van der Waals surface area contributed by atoms with Gasteiger partial charge in [-0.3, -0.25) is 19.2 Å². The van der Waals surface area contributed by atoms with Gasteiger partial charge in [-0.25, -0.2) is 4.79 Å². The van der Waals surface area contributed by atoms with E-state index in [0.717, 1.165) is 5.56 Å². The van der Waals surface area contributed by atoms with E-state index in [1.54, 1.807) is 17.7 Å². The molecule has 2 heterocycles. The maximum atomic E-state index is 12.7. The highest BCUT2D eigenvalue weighted by Gasteiger charge is 2.34. The van der Waals surface area contributed by atoms with E-state index in [0.29, 0.717) is 37.0 Å². The molecule has 1 fully saturated rings. The third kappa shape index (κ3) is 3.68. The van der Waals surface area contributed by atoms with Crippen molar-refractivity contribution in [2.75, 3.05) is 6.61 Å². The van der Waals surface area contributed by atoms with Crippen LogP contribution in [-0.2, 0) is 23.1 Å². The van der Waals surface area contributed by atoms with Crippen LogP contribution in [-0.4, -0.2) is 26.3 Å². The van der Waals surface area contributed by atoms with Gasteiger partial charge in [-0.1, -0.05) is 30.3 Å². The molecule has 0 bridgehead atoms. The fourth-order valence-electron chi connectivity index (χ4n) is 3.77. The van der Waals surface area contributed by atoms with Crippen LogP contribution in [0.4, 0.5) is 5.69 Å². The second-order valence-corrected chi connectivity index (χ2v) is 7.60. The summed E-state index contributed by atoms with van der Waals surface area (Å²) >= 11 is 0. The van der Waals surface area contributed by atoms with Crippen LogP contribution in [0.2, 0.25) is 0 Å². The van der Waals surface area contributed by atoms with Crippen molar-refractivity contribution in [1.29, 1.82) is 0 Å². The van der Waals surface area contributed by atoms with Crippen molar-refractivity contribution < 1.29 is 14.4 Å². The number of non-ortho nitro benzene ring substituents is 1. The summed E-state index contributed by atoms with van der Waals surface area (Å²) in [6.07, 6.45) is 0.845. The molecule has 2 atom stereocenters. The molecular weight excluding hydrogens is 374 g/mol. The highest BCUT2D eigenvalue weighted by molar-refractivity contribution is 5.78. The van der Waals surface area contributed by atoms with E-state index in [-0.39, 0.29) is 11.4 Å². The Bertz CT molecular complexity index is 1100. The zero-order valence-electron chi connectivity index (χ0n) is 16.4. The number of hydrogen-bond acceptors (Lipinski definition) is 5. The van der Waals surface area contributed by atoms with Crippen LogP contribution in [0.3, 0.4) is 0 Å². The summed E-state index contributed by atoms with van der Waals surface area (Å²) in [6, 6.07) is 14.2. The molecule has 1 aromatic heterocycles. The van der Waals surface area contributed by atoms with Crippen molar-refractivity contribution in [3.05, 3.63) is 74.7 Å². The molecule has 4 rings (SSSR count). The standard InChI is InChI=1S/C21H23N3O5/c1-21(11-13-28-19(29-21)15-6-4-3-5-7-15)10-12-23-18-14-16(24(26)27)8-9-17(18)22(2)20(23)25/h3-9,14,19H,10-13H2,1-2H3. The van der Waals surface area contributed by atoms with Gasteiger partial charge < -0.3 is 9.47 Å². The number of fused-ring (bicyclic) bond motifs is 1. The number of ether oxygens (including phenoxy) is 2. The Hall–Kier alpha value is -2.97. The average molecular weight is 397 g/mol. The maximum Gasteiger partial charge on any atom is 0.328 e. The summed E-state index contributed by atoms with van der Waals surface area (Å²) in [5, 5.41) is 11.2. The number of rotatable bonds is 5. The summed E-state index contributed by atoms with van der Waals surface area (Å²) in [7, 11) is 1.67. The van der Waals surface area contributed by atoms with Gasteiger partial charge in [-0.05, 0) is 25.8 Å². The van der Waals surface area contributed by atoms with E-state index >= 15 is 0 Å². The van der Waals surface area contributed by atoms with E-state index in [1.165, 1.54) is 16.7 Å². The zero-order valence-corrected chi connectivity index (χ0v) is 16.4. The summed E-state index contributed by atoms with van der Waals surface area (Å²) in [5.74, 6) is 0.